The minimum Gasteiger partial charge on any atom is -0.361 e. The molecule has 14 heavy (non-hydrogen) atoms. The van der Waals surface area contributed by atoms with E-state index < -0.39 is 0 Å². The van der Waals surface area contributed by atoms with Crippen LogP contribution in [-0.4, -0.2) is 17.4 Å². The first-order valence-corrected chi connectivity index (χ1v) is 6.44. The SMILES string of the molecule is CCc1csc(NCC2(CCl)CC2)n1. The van der Waals surface area contributed by atoms with E-state index in [4.69, 9.17) is 11.6 Å². The highest BCUT2D eigenvalue weighted by molar-refractivity contribution is 7.13. The van der Waals surface area contributed by atoms with E-state index in [2.05, 4.69) is 22.6 Å². The first-order valence-electron chi connectivity index (χ1n) is 5.02. The number of anilines is 1. The molecule has 0 aliphatic heterocycles. The van der Waals surface area contributed by atoms with Gasteiger partial charge in [0.05, 0.1) is 5.69 Å². The zero-order valence-electron chi connectivity index (χ0n) is 8.35. The Morgan fingerprint density at radius 2 is 2.43 bits per heavy atom. The van der Waals surface area contributed by atoms with Crippen LogP contribution in [-0.2, 0) is 6.42 Å². The average Bonchev–Trinajstić information content (AvgIpc) is 2.86. The van der Waals surface area contributed by atoms with Gasteiger partial charge in [0.15, 0.2) is 5.13 Å². The van der Waals surface area contributed by atoms with Gasteiger partial charge in [0.25, 0.3) is 0 Å². The van der Waals surface area contributed by atoms with E-state index in [9.17, 15) is 0 Å². The van der Waals surface area contributed by atoms with E-state index in [0.717, 1.165) is 24.0 Å². The fraction of sp³-hybridized carbons (Fsp3) is 0.700. The highest BCUT2D eigenvalue weighted by Gasteiger charge is 2.41. The first kappa shape index (κ1) is 10.2. The molecule has 0 bridgehead atoms. The van der Waals surface area contributed by atoms with Crippen LogP contribution in [0, 0.1) is 5.41 Å². The van der Waals surface area contributed by atoms with Crippen molar-refractivity contribution >= 4 is 28.1 Å². The normalized spacial score (nSPS) is 18.1. The molecule has 78 valence electrons. The van der Waals surface area contributed by atoms with E-state index in [-0.39, 0.29) is 0 Å². The second kappa shape index (κ2) is 4.07. The lowest BCUT2D eigenvalue weighted by molar-refractivity contribution is 0.618. The van der Waals surface area contributed by atoms with Crippen LogP contribution in [0.3, 0.4) is 0 Å². The molecule has 1 N–H and O–H groups in total. The zero-order valence-corrected chi connectivity index (χ0v) is 9.92. The van der Waals surface area contributed by atoms with Crippen molar-refractivity contribution in [2.45, 2.75) is 26.2 Å². The van der Waals surface area contributed by atoms with Crippen LogP contribution in [0.1, 0.15) is 25.5 Å². The molecule has 0 unspecified atom stereocenters. The number of hydrogen-bond acceptors (Lipinski definition) is 3. The molecule has 2 nitrogen and oxygen atoms in total. The summed E-state index contributed by atoms with van der Waals surface area (Å²) in [5.74, 6) is 0.770. The molecule has 4 heteroatoms. The van der Waals surface area contributed by atoms with Crippen LogP contribution in [0.2, 0.25) is 0 Å². The first-order chi connectivity index (χ1) is 6.78. The van der Waals surface area contributed by atoms with Crippen molar-refractivity contribution in [3.8, 4) is 0 Å². The summed E-state index contributed by atoms with van der Waals surface area (Å²) in [4.78, 5) is 4.46. The van der Waals surface area contributed by atoms with Crippen LogP contribution >= 0.6 is 22.9 Å². The van der Waals surface area contributed by atoms with Crippen LogP contribution in [0.5, 0.6) is 0 Å². The molecule has 0 aromatic carbocycles. The molecule has 1 aliphatic carbocycles. The Labute approximate surface area is 93.7 Å². The van der Waals surface area contributed by atoms with Crippen LogP contribution in [0.15, 0.2) is 5.38 Å². The Kier molecular flexibility index (Phi) is 2.98. The van der Waals surface area contributed by atoms with Crippen molar-refractivity contribution in [2.24, 2.45) is 5.41 Å². The monoisotopic (exact) mass is 230 g/mol. The fourth-order valence-electron chi connectivity index (χ4n) is 1.35. The van der Waals surface area contributed by atoms with Gasteiger partial charge in [-0.2, -0.15) is 0 Å². The third-order valence-corrected chi connectivity index (χ3v) is 4.18. The Balaban J connectivity index is 1.85. The van der Waals surface area contributed by atoms with Gasteiger partial charge >= 0.3 is 0 Å². The van der Waals surface area contributed by atoms with Crippen molar-refractivity contribution in [2.75, 3.05) is 17.7 Å². The van der Waals surface area contributed by atoms with Crippen molar-refractivity contribution in [1.82, 2.24) is 4.98 Å². The molecule has 1 aromatic heterocycles. The Hall–Kier alpha value is -0.280. The summed E-state index contributed by atoms with van der Waals surface area (Å²) in [7, 11) is 0. The van der Waals surface area contributed by atoms with Crippen LogP contribution < -0.4 is 5.32 Å². The quantitative estimate of drug-likeness (QED) is 0.787. The summed E-state index contributed by atoms with van der Waals surface area (Å²) in [6.45, 7) is 3.10. The van der Waals surface area contributed by atoms with Gasteiger partial charge in [-0.1, -0.05) is 6.92 Å². The highest BCUT2D eigenvalue weighted by Crippen LogP contribution is 2.46. The van der Waals surface area contributed by atoms with Gasteiger partial charge in [-0.05, 0) is 19.3 Å². The number of thiazole rings is 1. The summed E-state index contributed by atoms with van der Waals surface area (Å²) in [5.41, 5.74) is 1.55. The van der Waals surface area contributed by atoms with E-state index in [1.807, 2.05) is 0 Å². The lowest BCUT2D eigenvalue weighted by Crippen LogP contribution is -2.16. The third-order valence-electron chi connectivity index (χ3n) is 2.77. The zero-order chi connectivity index (χ0) is 10.0. The fourth-order valence-corrected chi connectivity index (χ4v) is 2.50. The second-order valence-corrected chi connectivity index (χ2v) is 5.11. The molecule has 0 saturated heterocycles. The lowest BCUT2D eigenvalue weighted by Gasteiger charge is -2.10. The summed E-state index contributed by atoms with van der Waals surface area (Å²) in [6, 6.07) is 0. The van der Waals surface area contributed by atoms with E-state index in [0.29, 0.717) is 5.41 Å². The maximum Gasteiger partial charge on any atom is 0.182 e. The predicted molar refractivity (Wildman–Crippen MR) is 62.4 cm³/mol. The summed E-state index contributed by atoms with van der Waals surface area (Å²) in [5, 5.41) is 6.53. The van der Waals surface area contributed by atoms with Crippen molar-refractivity contribution in [3.05, 3.63) is 11.1 Å². The van der Waals surface area contributed by atoms with Gasteiger partial charge in [0, 0.05) is 23.2 Å². The van der Waals surface area contributed by atoms with Gasteiger partial charge in [-0.15, -0.1) is 22.9 Å². The minimum absolute atomic E-state index is 0.375. The van der Waals surface area contributed by atoms with Gasteiger partial charge in [0.2, 0.25) is 0 Å². The second-order valence-electron chi connectivity index (χ2n) is 3.98. The molecule has 1 saturated carbocycles. The number of nitrogens with zero attached hydrogens (tertiary/aromatic N) is 1. The van der Waals surface area contributed by atoms with Gasteiger partial charge in [0.1, 0.15) is 0 Å². The molecule has 2 rings (SSSR count). The Morgan fingerprint density at radius 1 is 1.64 bits per heavy atom. The van der Waals surface area contributed by atoms with Crippen molar-refractivity contribution in [3.63, 3.8) is 0 Å². The van der Waals surface area contributed by atoms with Gasteiger partial charge in [-0.25, -0.2) is 4.98 Å². The molecule has 0 spiro atoms. The predicted octanol–water partition coefficient (Wildman–Crippen LogP) is 3.14. The standard InChI is InChI=1S/C10H15ClN2S/c1-2-8-5-14-9(13-8)12-7-10(6-11)3-4-10/h5H,2-4,6-7H2,1H3,(H,12,13). The molecular formula is C10H15ClN2S. The van der Waals surface area contributed by atoms with Crippen LogP contribution in [0.25, 0.3) is 0 Å². The Bertz CT molecular complexity index is 307. The topological polar surface area (TPSA) is 24.9 Å². The molecule has 1 aliphatic rings. The van der Waals surface area contributed by atoms with E-state index in [1.165, 1.54) is 18.5 Å². The molecule has 0 radical (unpaired) electrons. The van der Waals surface area contributed by atoms with E-state index >= 15 is 0 Å². The molecular weight excluding hydrogens is 216 g/mol. The lowest BCUT2D eigenvalue weighted by atomic mass is 10.1. The summed E-state index contributed by atoms with van der Waals surface area (Å²) in [6.07, 6.45) is 3.53. The maximum absolute atomic E-state index is 5.90. The Morgan fingerprint density at radius 3 is 2.93 bits per heavy atom. The summed E-state index contributed by atoms with van der Waals surface area (Å²) < 4.78 is 0. The highest BCUT2D eigenvalue weighted by atomic mass is 35.5. The largest absolute Gasteiger partial charge is 0.361 e. The number of nitrogens with one attached hydrogen (secondary N) is 1. The van der Waals surface area contributed by atoms with Gasteiger partial charge in [-0.3, -0.25) is 0 Å². The van der Waals surface area contributed by atoms with Crippen molar-refractivity contribution < 1.29 is 0 Å². The van der Waals surface area contributed by atoms with E-state index in [1.54, 1.807) is 11.3 Å². The minimum atomic E-state index is 0.375. The third kappa shape index (κ3) is 2.20. The molecule has 0 amide bonds. The van der Waals surface area contributed by atoms with Gasteiger partial charge < -0.3 is 5.32 Å². The number of rotatable bonds is 5. The number of halogens is 1. The number of alkyl halides is 1. The molecule has 1 fully saturated rings. The van der Waals surface area contributed by atoms with Crippen molar-refractivity contribution in [1.29, 1.82) is 0 Å². The van der Waals surface area contributed by atoms with Crippen LogP contribution in [0.4, 0.5) is 5.13 Å². The number of aryl methyl sites for hydroxylation is 1. The maximum atomic E-state index is 5.90. The smallest absolute Gasteiger partial charge is 0.182 e. The number of hydrogen-bond donors (Lipinski definition) is 1. The molecule has 1 aromatic rings. The summed E-state index contributed by atoms with van der Waals surface area (Å²) >= 11 is 7.59. The average molecular weight is 231 g/mol. The molecule has 0 atom stereocenters. The number of aromatic nitrogens is 1. The molecule has 1 heterocycles.